The Morgan fingerprint density at radius 2 is 2.17 bits per heavy atom. The zero-order chi connectivity index (χ0) is 13.0. The molecule has 1 aromatic heterocycles. The van der Waals surface area contributed by atoms with Crippen LogP contribution in [0.2, 0.25) is 0 Å². The molecule has 0 spiro atoms. The van der Waals surface area contributed by atoms with Gasteiger partial charge in [-0.15, -0.1) is 0 Å². The van der Waals surface area contributed by atoms with Crippen LogP contribution in [0.15, 0.2) is 10.8 Å². The van der Waals surface area contributed by atoms with Crippen molar-refractivity contribution in [1.29, 1.82) is 0 Å². The number of nitrogens with zero attached hydrogens (tertiary/aromatic N) is 2. The van der Waals surface area contributed by atoms with Gasteiger partial charge in [-0.2, -0.15) is 0 Å². The number of nitrogen functional groups attached to an aromatic ring is 1. The van der Waals surface area contributed by atoms with Crippen molar-refractivity contribution in [3.05, 3.63) is 10.8 Å². The number of aromatic nitrogens is 2. The third-order valence-electron chi connectivity index (χ3n) is 3.36. The van der Waals surface area contributed by atoms with Gasteiger partial charge in [0.05, 0.1) is 6.20 Å². The molecular formula is C12H19BrN4O. The second kappa shape index (κ2) is 6.33. The van der Waals surface area contributed by atoms with Crippen LogP contribution in [-0.2, 0) is 4.74 Å². The molecule has 1 aromatic rings. The van der Waals surface area contributed by atoms with Gasteiger partial charge in [0, 0.05) is 19.8 Å². The number of hydrogen-bond donors (Lipinski definition) is 2. The highest BCUT2D eigenvalue weighted by Gasteiger charge is 2.21. The topological polar surface area (TPSA) is 73.1 Å². The summed E-state index contributed by atoms with van der Waals surface area (Å²) < 4.78 is 5.90. The minimum absolute atomic E-state index is 0.434. The van der Waals surface area contributed by atoms with Crippen LogP contribution in [0.25, 0.3) is 0 Å². The maximum atomic E-state index is 5.80. The van der Waals surface area contributed by atoms with Crippen molar-refractivity contribution in [2.45, 2.75) is 31.7 Å². The van der Waals surface area contributed by atoms with Crippen molar-refractivity contribution < 1.29 is 4.74 Å². The number of hydrogen-bond acceptors (Lipinski definition) is 5. The Balaban J connectivity index is 1.89. The quantitative estimate of drug-likeness (QED) is 0.893. The Kier molecular flexibility index (Phi) is 4.77. The van der Waals surface area contributed by atoms with Crippen molar-refractivity contribution in [2.24, 2.45) is 5.92 Å². The maximum Gasteiger partial charge on any atom is 0.170 e. The maximum absolute atomic E-state index is 5.80. The van der Waals surface area contributed by atoms with Crippen molar-refractivity contribution in [1.82, 2.24) is 9.97 Å². The summed E-state index contributed by atoms with van der Waals surface area (Å²) >= 11 is 3.31. The van der Waals surface area contributed by atoms with Crippen LogP contribution in [0.5, 0.6) is 0 Å². The first-order chi connectivity index (χ1) is 8.69. The van der Waals surface area contributed by atoms with Crippen LogP contribution < -0.4 is 11.1 Å². The zero-order valence-corrected chi connectivity index (χ0v) is 12.1. The first kappa shape index (κ1) is 13.5. The Hall–Kier alpha value is -0.880. The fraction of sp³-hybridized carbons (Fsp3) is 0.667. The molecule has 1 aliphatic rings. The molecule has 0 unspecified atom stereocenters. The van der Waals surface area contributed by atoms with Gasteiger partial charge in [0.1, 0.15) is 4.60 Å². The molecule has 2 rings (SSSR count). The van der Waals surface area contributed by atoms with E-state index in [9.17, 15) is 0 Å². The number of ether oxygens (including phenoxy) is 1. The summed E-state index contributed by atoms with van der Waals surface area (Å²) in [5.41, 5.74) is 5.80. The predicted molar refractivity (Wildman–Crippen MR) is 75.4 cm³/mol. The summed E-state index contributed by atoms with van der Waals surface area (Å²) in [7, 11) is 1.77. The minimum atomic E-state index is 0.434. The van der Waals surface area contributed by atoms with Gasteiger partial charge in [0.15, 0.2) is 11.6 Å². The second-order valence-corrected chi connectivity index (χ2v) is 5.56. The molecule has 0 radical (unpaired) electrons. The molecule has 1 saturated carbocycles. The third-order valence-corrected chi connectivity index (χ3v) is 3.74. The van der Waals surface area contributed by atoms with Gasteiger partial charge in [-0.25, -0.2) is 9.97 Å². The Morgan fingerprint density at radius 3 is 2.83 bits per heavy atom. The van der Waals surface area contributed by atoms with E-state index in [2.05, 4.69) is 31.2 Å². The number of nitrogens with one attached hydrogen (secondary N) is 1. The molecule has 0 amide bonds. The van der Waals surface area contributed by atoms with E-state index < -0.39 is 0 Å². The molecule has 0 aliphatic heterocycles. The molecule has 1 heterocycles. The van der Waals surface area contributed by atoms with Crippen LogP contribution >= 0.6 is 15.9 Å². The average molecular weight is 315 g/mol. The summed E-state index contributed by atoms with van der Waals surface area (Å²) in [6.45, 7) is 0.867. The van der Waals surface area contributed by atoms with E-state index >= 15 is 0 Å². The summed E-state index contributed by atoms with van der Waals surface area (Å²) in [5, 5.41) is 3.38. The van der Waals surface area contributed by atoms with E-state index in [-0.39, 0.29) is 0 Å². The van der Waals surface area contributed by atoms with Gasteiger partial charge < -0.3 is 15.8 Å². The Morgan fingerprint density at radius 1 is 1.44 bits per heavy atom. The Bertz CT molecular complexity index is 394. The molecule has 0 bridgehead atoms. The van der Waals surface area contributed by atoms with Crippen LogP contribution in [0.1, 0.15) is 25.7 Å². The first-order valence-corrected chi connectivity index (χ1v) is 7.02. The first-order valence-electron chi connectivity index (χ1n) is 6.22. The molecule has 18 heavy (non-hydrogen) atoms. The highest BCUT2D eigenvalue weighted by molar-refractivity contribution is 9.10. The van der Waals surface area contributed by atoms with E-state index in [1.165, 1.54) is 12.8 Å². The molecule has 0 aromatic carbocycles. The normalized spacial score (nSPS) is 23.9. The van der Waals surface area contributed by atoms with E-state index in [0.29, 0.717) is 28.2 Å². The average Bonchev–Trinajstić information content (AvgIpc) is 2.37. The van der Waals surface area contributed by atoms with Gasteiger partial charge >= 0.3 is 0 Å². The second-order valence-electron chi connectivity index (χ2n) is 4.74. The van der Waals surface area contributed by atoms with Crippen LogP contribution in [-0.4, -0.2) is 29.7 Å². The fourth-order valence-electron chi connectivity index (χ4n) is 2.39. The summed E-state index contributed by atoms with van der Waals surface area (Å²) in [5.74, 6) is 1.83. The van der Waals surface area contributed by atoms with Gasteiger partial charge in [-0.3, -0.25) is 0 Å². The van der Waals surface area contributed by atoms with Crippen molar-refractivity contribution >= 4 is 27.6 Å². The molecular weight excluding hydrogens is 296 g/mol. The zero-order valence-electron chi connectivity index (χ0n) is 10.5. The molecule has 100 valence electrons. The van der Waals surface area contributed by atoms with Crippen LogP contribution in [0.3, 0.4) is 0 Å². The predicted octanol–water partition coefficient (Wildman–Crippen LogP) is 2.44. The van der Waals surface area contributed by atoms with Crippen molar-refractivity contribution in [3.63, 3.8) is 0 Å². The summed E-state index contributed by atoms with van der Waals surface area (Å²) in [6.07, 6.45) is 6.24. The SMILES string of the molecule is COCC1CCC(Nc2nc(Br)cnc2N)CC1. The monoisotopic (exact) mass is 314 g/mol. The molecule has 0 saturated heterocycles. The number of halogens is 1. The lowest BCUT2D eigenvalue weighted by atomic mass is 9.86. The molecule has 1 fully saturated rings. The van der Waals surface area contributed by atoms with Crippen LogP contribution in [0, 0.1) is 5.92 Å². The molecule has 3 N–H and O–H groups in total. The van der Waals surface area contributed by atoms with E-state index in [1.807, 2.05) is 0 Å². The van der Waals surface area contributed by atoms with E-state index in [4.69, 9.17) is 10.5 Å². The number of anilines is 2. The van der Waals surface area contributed by atoms with Crippen molar-refractivity contribution in [3.8, 4) is 0 Å². The summed E-state index contributed by atoms with van der Waals surface area (Å²) in [4.78, 5) is 8.39. The lowest BCUT2D eigenvalue weighted by molar-refractivity contribution is 0.129. The lowest BCUT2D eigenvalue weighted by Crippen LogP contribution is -2.28. The minimum Gasteiger partial charge on any atom is -0.384 e. The van der Waals surface area contributed by atoms with E-state index in [0.717, 1.165) is 19.4 Å². The highest BCUT2D eigenvalue weighted by Crippen LogP contribution is 2.27. The summed E-state index contributed by atoms with van der Waals surface area (Å²) in [6, 6.07) is 0.434. The Labute approximate surface area is 116 Å². The van der Waals surface area contributed by atoms with Gasteiger partial charge in [0.2, 0.25) is 0 Å². The van der Waals surface area contributed by atoms with Crippen molar-refractivity contribution in [2.75, 3.05) is 24.8 Å². The molecule has 0 atom stereocenters. The van der Waals surface area contributed by atoms with Crippen LogP contribution in [0.4, 0.5) is 11.6 Å². The highest BCUT2D eigenvalue weighted by atomic mass is 79.9. The standard InChI is InChI=1S/C12H19BrN4O/c1-18-7-8-2-4-9(5-3-8)16-12-11(14)15-6-10(13)17-12/h6,8-9H,2-5,7H2,1H3,(H2,14,15)(H,16,17). The van der Waals surface area contributed by atoms with Gasteiger partial charge in [0.25, 0.3) is 0 Å². The fourth-order valence-corrected chi connectivity index (χ4v) is 2.67. The molecule has 1 aliphatic carbocycles. The van der Waals surface area contributed by atoms with Gasteiger partial charge in [-0.1, -0.05) is 0 Å². The number of rotatable bonds is 4. The lowest BCUT2D eigenvalue weighted by Gasteiger charge is -2.29. The largest absolute Gasteiger partial charge is 0.384 e. The smallest absolute Gasteiger partial charge is 0.170 e. The number of nitrogens with two attached hydrogens (primary N) is 1. The number of methoxy groups -OCH3 is 1. The van der Waals surface area contributed by atoms with Gasteiger partial charge in [-0.05, 0) is 47.5 Å². The molecule has 5 nitrogen and oxygen atoms in total. The molecule has 6 heteroatoms. The third kappa shape index (κ3) is 3.55. The van der Waals surface area contributed by atoms with E-state index in [1.54, 1.807) is 13.3 Å².